The van der Waals surface area contributed by atoms with Gasteiger partial charge in [0.15, 0.2) is 0 Å². The maximum Gasteiger partial charge on any atom is 0.0539 e. The van der Waals surface area contributed by atoms with Crippen LogP contribution in [0.3, 0.4) is 0 Å². The predicted molar refractivity (Wildman–Crippen MR) is 267 cm³/mol. The van der Waals surface area contributed by atoms with Gasteiger partial charge in [-0.05, 0) is 160 Å². The normalized spacial score (nSPS) is 15.6. The van der Waals surface area contributed by atoms with Crippen molar-refractivity contribution >= 4 is 57.4 Å². The van der Waals surface area contributed by atoms with Crippen molar-refractivity contribution in [2.45, 2.75) is 44.4 Å². The quantitative estimate of drug-likeness (QED) is 0.151. The van der Waals surface area contributed by atoms with E-state index >= 15 is 0 Å². The summed E-state index contributed by atoms with van der Waals surface area (Å²) in [5, 5.41) is 5.26. The molecule has 12 rings (SSSR count). The fourth-order valence-corrected chi connectivity index (χ4v) is 10.6. The van der Waals surface area contributed by atoms with Gasteiger partial charge < -0.3 is 9.80 Å². The molecule has 8 aromatic carbocycles. The lowest BCUT2D eigenvalue weighted by Crippen LogP contribution is -2.30. The van der Waals surface area contributed by atoms with Gasteiger partial charge in [0.05, 0.1) is 11.4 Å². The molecule has 1 atom stereocenters. The standard InChI is InChI=1S/C61H48N2/c1-3-20-49(21-4-1)62(59-27-13-18-43-15-7-10-24-53(43)59)51-35-31-42(32-36-51)46-29-30-48-41-58-57(56(48)39-46)40-47-17-9-12-26-55(47)61(58)45-33-37-52(38-34-45)63(50-22-5-2-6-23-50)60-28-14-19-44-16-8-11-25-54(44)60/h1-7,10-11,13-15,17-31,33-40,42H,8-9,12,16,32,41H2. The fourth-order valence-electron chi connectivity index (χ4n) is 10.6. The molecule has 0 saturated carbocycles. The van der Waals surface area contributed by atoms with Crippen LogP contribution < -0.4 is 20.2 Å². The second kappa shape index (κ2) is 15.8. The number of nitrogens with zero attached hydrogens (tertiary/aromatic N) is 2. The second-order valence-corrected chi connectivity index (χ2v) is 17.4. The molecule has 302 valence electrons. The van der Waals surface area contributed by atoms with Gasteiger partial charge in [-0.15, -0.1) is 0 Å². The van der Waals surface area contributed by atoms with E-state index in [1.807, 2.05) is 0 Å². The summed E-state index contributed by atoms with van der Waals surface area (Å²) in [4.78, 5) is 4.85. The zero-order chi connectivity index (χ0) is 41.7. The van der Waals surface area contributed by atoms with E-state index in [2.05, 4.69) is 222 Å². The summed E-state index contributed by atoms with van der Waals surface area (Å²) >= 11 is 0. The number of hydrogen-bond donors (Lipinski definition) is 0. The van der Waals surface area contributed by atoms with Gasteiger partial charge in [0.1, 0.15) is 0 Å². The third-order valence-electron chi connectivity index (χ3n) is 13.7. The third-order valence-corrected chi connectivity index (χ3v) is 13.7. The molecule has 4 aliphatic rings. The molecular weight excluding hydrogens is 761 g/mol. The van der Waals surface area contributed by atoms with Gasteiger partial charge in [0.25, 0.3) is 0 Å². The monoisotopic (exact) mass is 808 g/mol. The molecule has 4 aliphatic carbocycles. The van der Waals surface area contributed by atoms with E-state index in [0.29, 0.717) is 5.92 Å². The number of anilines is 5. The number of allylic oxidation sites excluding steroid dienone is 4. The lowest BCUT2D eigenvalue weighted by atomic mass is 9.88. The van der Waals surface area contributed by atoms with Gasteiger partial charge in [-0.2, -0.15) is 0 Å². The van der Waals surface area contributed by atoms with Crippen molar-refractivity contribution in [2.24, 2.45) is 0 Å². The number of aryl methyl sites for hydroxylation is 1. The molecule has 2 nitrogen and oxygen atoms in total. The van der Waals surface area contributed by atoms with Crippen LogP contribution in [0.2, 0.25) is 0 Å². The molecule has 0 saturated heterocycles. The highest BCUT2D eigenvalue weighted by Gasteiger charge is 2.27. The molecule has 0 aliphatic heterocycles. The molecule has 0 amide bonds. The van der Waals surface area contributed by atoms with E-state index in [-0.39, 0.29) is 0 Å². The number of fused-ring (bicyclic) bond motifs is 6. The van der Waals surface area contributed by atoms with Crippen molar-refractivity contribution < 1.29 is 0 Å². The minimum absolute atomic E-state index is 0.302. The molecule has 0 spiro atoms. The molecule has 2 heteroatoms. The first-order chi connectivity index (χ1) is 31.2. The summed E-state index contributed by atoms with van der Waals surface area (Å²) in [5.74, 6) is 0.302. The molecule has 8 aromatic rings. The second-order valence-electron chi connectivity index (χ2n) is 17.4. The van der Waals surface area contributed by atoms with Crippen molar-refractivity contribution in [2.75, 3.05) is 9.80 Å². The highest BCUT2D eigenvalue weighted by molar-refractivity contribution is 5.97. The highest BCUT2D eigenvalue weighted by atomic mass is 15.2. The van der Waals surface area contributed by atoms with Gasteiger partial charge in [0, 0.05) is 39.6 Å². The lowest BCUT2D eigenvalue weighted by molar-refractivity contribution is 0.840. The van der Waals surface area contributed by atoms with E-state index in [4.69, 9.17) is 0 Å². The summed E-state index contributed by atoms with van der Waals surface area (Å²) in [7, 11) is 0. The molecular formula is C61H48N2. The molecule has 0 aromatic heterocycles. The van der Waals surface area contributed by atoms with Gasteiger partial charge in [-0.25, -0.2) is 0 Å². The minimum atomic E-state index is 0.302. The highest BCUT2D eigenvalue weighted by Crippen LogP contribution is 2.45. The predicted octanol–water partition coefficient (Wildman–Crippen LogP) is 14.6. The topological polar surface area (TPSA) is 6.48 Å². The van der Waals surface area contributed by atoms with Gasteiger partial charge in [-0.3, -0.25) is 0 Å². The van der Waals surface area contributed by atoms with Crippen LogP contribution in [-0.2, 0) is 12.8 Å². The van der Waals surface area contributed by atoms with E-state index in [1.165, 1.54) is 105 Å². The van der Waals surface area contributed by atoms with E-state index in [9.17, 15) is 0 Å². The molecule has 1 unspecified atom stereocenters. The van der Waals surface area contributed by atoms with Crippen molar-refractivity contribution in [3.8, 4) is 22.3 Å². The van der Waals surface area contributed by atoms with E-state index in [0.717, 1.165) is 38.5 Å². The molecule has 0 bridgehead atoms. The zero-order valence-corrected chi connectivity index (χ0v) is 35.4. The van der Waals surface area contributed by atoms with Crippen LogP contribution in [0.15, 0.2) is 200 Å². The van der Waals surface area contributed by atoms with Crippen molar-refractivity contribution in [3.05, 3.63) is 238 Å². The molecule has 63 heavy (non-hydrogen) atoms. The van der Waals surface area contributed by atoms with Crippen LogP contribution in [0.25, 0.3) is 51.3 Å². The first kappa shape index (κ1) is 37.4. The van der Waals surface area contributed by atoms with Crippen LogP contribution in [0.5, 0.6) is 0 Å². The Labute approximate surface area is 370 Å². The first-order valence-electron chi connectivity index (χ1n) is 22.7. The number of hydrogen-bond acceptors (Lipinski definition) is 2. The Balaban J connectivity index is 0.892. The SMILES string of the molecule is C1=Cc2c(cccc2N(c2ccccc2)c2ccc(-c3c4c(cc5c3=CCCC=5)-c3cc(C5C=CC(N(c6ccccc6)c6cccc7ccccc67)=CC5)ccc3C4)cc2)CC1. The fraction of sp³-hybridized carbons (Fsp3) is 0.115. The average Bonchev–Trinajstić information content (AvgIpc) is 3.72. The van der Waals surface area contributed by atoms with Crippen molar-refractivity contribution in [1.82, 2.24) is 0 Å². The molecule has 0 N–H and O–H groups in total. The Hall–Kier alpha value is -7.42. The summed E-state index contributed by atoms with van der Waals surface area (Å²) in [5.41, 5.74) is 19.6. The molecule has 0 radical (unpaired) electrons. The summed E-state index contributed by atoms with van der Waals surface area (Å²) < 4.78 is 0. The Bertz CT molecular complexity index is 3280. The maximum absolute atomic E-state index is 2.51. The van der Waals surface area contributed by atoms with Crippen molar-refractivity contribution in [1.29, 1.82) is 0 Å². The maximum atomic E-state index is 2.51. The lowest BCUT2D eigenvalue weighted by Gasteiger charge is -2.30. The minimum Gasteiger partial charge on any atom is -0.310 e. The smallest absolute Gasteiger partial charge is 0.0539 e. The largest absolute Gasteiger partial charge is 0.310 e. The van der Waals surface area contributed by atoms with E-state index in [1.54, 1.807) is 0 Å². The average molecular weight is 809 g/mol. The van der Waals surface area contributed by atoms with Crippen LogP contribution in [0, 0.1) is 0 Å². The van der Waals surface area contributed by atoms with Crippen LogP contribution in [-0.4, -0.2) is 0 Å². The van der Waals surface area contributed by atoms with Crippen LogP contribution >= 0.6 is 0 Å². The molecule has 0 heterocycles. The Kier molecular flexibility index (Phi) is 9.37. The summed E-state index contributed by atoms with van der Waals surface area (Å²) in [6.45, 7) is 0. The Morgan fingerprint density at radius 2 is 1.24 bits per heavy atom. The van der Waals surface area contributed by atoms with E-state index < -0.39 is 0 Å². The Morgan fingerprint density at radius 1 is 0.508 bits per heavy atom. The molecule has 0 fully saturated rings. The van der Waals surface area contributed by atoms with Crippen LogP contribution in [0.4, 0.5) is 28.4 Å². The third kappa shape index (κ3) is 6.65. The zero-order valence-electron chi connectivity index (χ0n) is 35.4. The van der Waals surface area contributed by atoms with Gasteiger partial charge >= 0.3 is 0 Å². The first-order valence-corrected chi connectivity index (χ1v) is 22.7. The summed E-state index contributed by atoms with van der Waals surface area (Å²) in [6.07, 6.45) is 23.0. The number of para-hydroxylation sites is 2. The van der Waals surface area contributed by atoms with Gasteiger partial charge in [0.2, 0.25) is 0 Å². The number of benzene rings is 8. The summed E-state index contributed by atoms with van der Waals surface area (Å²) in [6, 6.07) is 63.0. The number of rotatable bonds is 8. The van der Waals surface area contributed by atoms with Crippen LogP contribution in [0.1, 0.15) is 59.4 Å². The van der Waals surface area contributed by atoms with Gasteiger partial charge in [-0.1, -0.05) is 152 Å². The van der Waals surface area contributed by atoms with Crippen molar-refractivity contribution in [3.63, 3.8) is 0 Å². The Morgan fingerprint density at radius 3 is 2.06 bits per heavy atom.